The first kappa shape index (κ1) is 12.4. The number of aromatic nitrogens is 1. The van der Waals surface area contributed by atoms with Gasteiger partial charge in [-0.3, -0.25) is 9.78 Å². The first-order chi connectivity index (χ1) is 8.24. The molecule has 2 rings (SSSR count). The van der Waals surface area contributed by atoms with E-state index in [1.54, 1.807) is 6.20 Å². The smallest absolute Gasteiger partial charge is 0.227 e. The summed E-state index contributed by atoms with van der Waals surface area (Å²) in [6.07, 6.45) is 5.68. The lowest BCUT2D eigenvalue weighted by molar-refractivity contribution is -0.135. The zero-order valence-corrected chi connectivity index (χ0v) is 10.7. The van der Waals surface area contributed by atoms with Crippen molar-refractivity contribution in [3.63, 3.8) is 0 Å². The van der Waals surface area contributed by atoms with Crippen LogP contribution in [-0.4, -0.2) is 28.2 Å². The molecule has 1 aromatic rings. The van der Waals surface area contributed by atoms with Gasteiger partial charge in [0.15, 0.2) is 0 Å². The van der Waals surface area contributed by atoms with Crippen LogP contribution in [0.4, 0.5) is 0 Å². The Hall–Kier alpha value is -1.09. The van der Waals surface area contributed by atoms with E-state index in [2.05, 4.69) is 4.98 Å². The molecular weight excluding hydrogens is 236 g/mol. The SMILES string of the molecule is CC(CCl)C(=O)N1CCCC1c1cccnc1. The van der Waals surface area contributed by atoms with Crippen LogP contribution >= 0.6 is 11.6 Å². The van der Waals surface area contributed by atoms with Gasteiger partial charge in [0.25, 0.3) is 0 Å². The molecule has 1 aliphatic rings. The second-order valence-electron chi connectivity index (χ2n) is 4.53. The molecule has 3 nitrogen and oxygen atoms in total. The number of carbonyl (C=O) groups excluding carboxylic acids is 1. The van der Waals surface area contributed by atoms with Gasteiger partial charge in [-0.1, -0.05) is 13.0 Å². The van der Waals surface area contributed by atoms with E-state index in [0.29, 0.717) is 5.88 Å². The van der Waals surface area contributed by atoms with Gasteiger partial charge >= 0.3 is 0 Å². The summed E-state index contributed by atoms with van der Waals surface area (Å²) in [5.74, 6) is 0.440. The molecule has 1 aliphatic heterocycles. The lowest BCUT2D eigenvalue weighted by Gasteiger charge is -2.27. The highest BCUT2D eigenvalue weighted by atomic mass is 35.5. The highest BCUT2D eigenvalue weighted by Crippen LogP contribution is 2.32. The van der Waals surface area contributed by atoms with E-state index in [9.17, 15) is 4.79 Å². The van der Waals surface area contributed by atoms with Gasteiger partial charge in [-0.15, -0.1) is 11.6 Å². The average Bonchev–Trinajstić information content (AvgIpc) is 2.87. The minimum absolute atomic E-state index is 0.103. The molecule has 0 bridgehead atoms. The monoisotopic (exact) mass is 252 g/mol. The maximum Gasteiger partial charge on any atom is 0.227 e. The van der Waals surface area contributed by atoms with E-state index in [0.717, 1.165) is 24.9 Å². The maximum absolute atomic E-state index is 12.2. The molecule has 17 heavy (non-hydrogen) atoms. The van der Waals surface area contributed by atoms with Gasteiger partial charge in [-0.25, -0.2) is 0 Å². The second-order valence-corrected chi connectivity index (χ2v) is 4.84. The van der Waals surface area contributed by atoms with Crippen LogP contribution in [0.15, 0.2) is 24.5 Å². The number of rotatable bonds is 3. The first-order valence-electron chi connectivity index (χ1n) is 6.00. The fraction of sp³-hybridized carbons (Fsp3) is 0.538. The van der Waals surface area contributed by atoms with Crippen LogP contribution in [0.25, 0.3) is 0 Å². The molecule has 1 fully saturated rings. The summed E-state index contributed by atoms with van der Waals surface area (Å²) >= 11 is 5.76. The molecule has 1 saturated heterocycles. The molecule has 0 aromatic carbocycles. The van der Waals surface area contributed by atoms with Crippen LogP contribution in [-0.2, 0) is 4.79 Å². The molecule has 1 amide bonds. The zero-order chi connectivity index (χ0) is 12.3. The summed E-state index contributed by atoms with van der Waals surface area (Å²) in [7, 11) is 0. The van der Waals surface area contributed by atoms with Crippen LogP contribution < -0.4 is 0 Å². The van der Waals surface area contributed by atoms with Crippen LogP contribution in [0.3, 0.4) is 0 Å². The third kappa shape index (κ3) is 2.60. The van der Waals surface area contributed by atoms with E-state index in [1.807, 2.05) is 30.2 Å². The molecule has 0 aliphatic carbocycles. The molecule has 0 spiro atoms. The highest BCUT2D eigenvalue weighted by Gasteiger charge is 2.31. The normalized spacial score (nSPS) is 21.5. The van der Waals surface area contributed by atoms with Gasteiger partial charge in [0, 0.05) is 30.7 Å². The van der Waals surface area contributed by atoms with E-state index in [4.69, 9.17) is 11.6 Å². The van der Waals surface area contributed by atoms with Gasteiger partial charge in [-0.05, 0) is 24.5 Å². The topological polar surface area (TPSA) is 33.2 Å². The third-order valence-corrected chi connectivity index (χ3v) is 3.72. The molecule has 0 saturated carbocycles. The van der Waals surface area contributed by atoms with Crippen molar-refractivity contribution in [2.45, 2.75) is 25.8 Å². The Morgan fingerprint density at radius 2 is 2.53 bits per heavy atom. The number of alkyl halides is 1. The first-order valence-corrected chi connectivity index (χ1v) is 6.54. The van der Waals surface area contributed by atoms with E-state index in [-0.39, 0.29) is 17.9 Å². The predicted molar refractivity (Wildman–Crippen MR) is 67.8 cm³/mol. The average molecular weight is 253 g/mol. The van der Waals surface area contributed by atoms with Crippen molar-refractivity contribution in [2.24, 2.45) is 5.92 Å². The Kier molecular flexibility index (Phi) is 4.00. The molecule has 2 atom stereocenters. The number of hydrogen-bond donors (Lipinski definition) is 0. The quantitative estimate of drug-likeness (QED) is 0.775. The summed E-state index contributed by atoms with van der Waals surface area (Å²) in [5.41, 5.74) is 1.13. The Labute approximate surface area is 107 Å². The lowest BCUT2D eigenvalue weighted by Crippen LogP contribution is -2.35. The van der Waals surface area contributed by atoms with Gasteiger partial charge in [0.2, 0.25) is 5.91 Å². The Balaban J connectivity index is 2.15. The summed E-state index contributed by atoms with van der Waals surface area (Å²) in [6.45, 7) is 2.72. The molecule has 2 unspecified atom stereocenters. The van der Waals surface area contributed by atoms with Crippen molar-refractivity contribution in [3.8, 4) is 0 Å². The van der Waals surface area contributed by atoms with E-state index in [1.165, 1.54) is 0 Å². The summed E-state index contributed by atoms with van der Waals surface area (Å²) < 4.78 is 0. The number of hydrogen-bond acceptors (Lipinski definition) is 2. The predicted octanol–water partition coefficient (Wildman–Crippen LogP) is 2.62. The Morgan fingerprint density at radius 1 is 1.71 bits per heavy atom. The second kappa shape index (κ2) is 5.50. The number of likely N-dealkylation sites (tertiary alicyclic amines) is 1. The van der Waals surface area contributed by atoms with Crippen molar-refractivity contribution >= 4 is 17.5 Å². The third-order valence-electron chi connectivity index (χ3n) is 3.26. The fourth-order valence-electron chi connectivity index (χ4n) is 2.30. The van der Waals surface area contributed by atoms with Crippen molar-refractivity contribution in [1.29, 1.82) is 0 Å². The molecule has 1 aromatic heterocycles. The minimum Gasteiger partial charge on any atom is -0.335 e. The maximum atomic E-state index is 12.2. The molecule has 0 radical (unpaired) electrons. The van der Waals surface area contributed by atoms with Gasteiger partial charge in [0.05, 0.1) is 6.04 Å². The lowest BCUT2D eigenvalue weighted by atomic mass is 10.1. The molecule has 4 heteroatoms. The van der Waals surface area contributed by atoms with E-state index < -0.39 is 0 Å². The largest absolute Gasteiger partial charge is 0.335 e. The number of nitrogens with zero attached hydrogens (tertiary/aromatic N) is 2. The van der Waals surface area contributed by atoms with Crippen molar-refractivity contribution in [2.75, 3.05) is 12.4 Å². The Morgan fingerprint density at radius 3 is 3.18 bits per heavy atom. The Bertz CT molecular complexity index is 382. The van der Waals surface area contributed by atoms with Crippen molar-refractivity contribution < 1.29 is 4.79 Å². The zero-order valence-electron chi connectivity index (χ0n) is 9.97. The van der Waals surface area contributed by atoms with Gasteiger partial charge < -0.3 is 4.90 Å². The van der Waals surface area contributed by atoms with Gasteiger partial charge in [0.1, 0.15) is 0 Å². The summed E-state index contributed by atoms with van der Waals surface area (Å²) in [5, 5.41) is 0. The molecule has 0 N–H and O–H groups in total. The standard InChI is InChI=1S/C13H17ClN2O/c1-10(8-14)13(17)16-7-3-5-12(16)11-4-2-6-15-9-11/h2,4,6,9-10,12H,3,5,7-8H2,1H3. The van der Waals surface area contributed by atoms with E-state index >= 15 is 0 Å². The molecule has 2 heterocycles. The van der Waals surface area contributed by atoms with Crippen molar-refractivity contribution in [3.05, 3.63) is 30.1 Å². The summed E-state index contributed by atoms with van der Waals surface area (Å²) in [4.78, 5) is 18.3. The number of amides is 1. The van der Waals surface area contributed by atoms with Crippen LogP contribution in [0, 0.1) is 5.92 Å². The fourth-order valence-corrected chi connectivity index (χ4v) is 2.43. The minimum atomic E-state index is -0.103. The summed E-state index contributed by atoms with van der Waals surface area (Å²) in [6, 6.07) is 4.14. The van der Waals surface area contributed by atoms with Crippen LogP contribution in [0.2, 0.25) is 0 Å². The highest BCUT2D eigenvalue weighted by molar-refractivity contribution is 6.19. The van der Waals surface area contributed by atoms with Gasteiger partial charge in [-0.2, -0.15) is 0 Å². The van der Waals surface area contributed by atoms with Crippen molar-refractivity contribution in [1.82, 2.24) is 9.88 Å². The number of pyridine rings is 1. The number of halogens is 1. The molecule has 92 valence electrons. The van der Waals surface area contributed by atoms with Crippen LogP contribution in [0.1, 0.15) is 31.4 Å². The van der Waals surface area contributed by atoms with Crippen LogP contribution in [0.5, 0.6) is 0 Å². The number of carbonyl (C=O) groups is 1. The molecular formula is C13H17ClN2O.